The zero-order valence-electron chi connectivity index (χ0n) is 15.0. The fourth-order valence-corrected chi connectivity index (χ4v) is 5.18. The van der Waals surface area contributed by atoms with Crippen molar-refractivity contribution in [2.75, 3.05) is 0 Å². The van der Waals surface area contributed by atoms with Crippen LogP contribution in [0.5, 0.6) is 0 Å². The molecule has 0 bridgehead atoms. The van der Waals surface area contributed by atoms with Crippen LogP contribution in [-0.2, 0) is 4.79 Å². The number of aliphatic carboxylic acids is 1. The lowest BCUT2D eigenvalue weighted by Gasteiger charge is -2.53. The van der Waals surface area contributed by atoms with Gasteiger partial charge in [-0.1, -0.05) is 43.3 Å². The van der Waals surface area contributed by atoms with Crippen molar-refractivity contribution < 1.29 is 20.1 Å². The zero-order chi connectivity index (χ0) is 18.0. The van der Waals surface area contributed by atoms with Gasteiger partial charge in [0.05, 0.1) is 12.0 Å². The number of hydrogen-bond acceptors (Lipinski definition) is 3. The lowest BCUT2D eigenvalue weighted by atomic mass is 9.51. The minimum atomic E-state index is -0.760. The van der Waals surface area contributed by atoms with Gasteiger partial charge in [0.2, 0.25) is 0 Å². The summed E-state index contributed by atoms with van der Waals surface area (Å²) < 4.78 is 0. The summed E-state index contributed by atoms with van der Waals surface area (Å²) in [6.45, 7) is 2.16. The van der Waals surface area contributed by atoms with Gasteiger partial charge < -0.3 is 15.3 Å². The lowest BCUT2D eigenvalue weighted by Crippen LogP contribution is -2.50. The normalized spacial score (nSPS) is 37.7. The predicted octanol–water partition coefficient (Wildman–Crippen LogP) is 2.99. The molecule has 0 radical (unpaired) electrons. The minimum Gasteiger partial charge on any atom is -0.481 e. The number of aliphatic hydroxyl groups excluding tert-OH is 2. The molecule has 25 heavy (non-hydrogen) atoms. The van der Waals surface area contributed by atoms with Crippen molar-refractivity contribution in [2.45, 2.75) is 70.5 Å². The van der Waals surface area contributed by atoms with E-state index in [4.69, 9.17) is 5.11 Å². The maximum atomic E-state index is 10.7. The monoisotopic (exact) mass is 346 g/mol. The van der Waals surface area contributed by atoms with Gasteiger partial charge in [-0.05, 0) is 55.8 Å². The summed E-state index contributed by atoms with van der Waals surface area (Å²) in [4.78, 5) is 10.7. The minimum absolute atomic E-state index is 0.0681. The number of carboxylic acid groups (broad SMARTS) is 1. The lowest BCUT2D eigenvalue weighted by molar-refractivity contribution is -0.136. The number of rotatable bonds is 4. The van der Waals surface area contributed by atoms with Gasteiger partial charge in [-0.15, -0.1) is 0 Å². The molecule has 3 rings (SSSR count). The van der Waals surface area contributed by atoms with E-state index >= 15 is 0 Å². The van der Waals surface area contributed by atoms with E-state index in [1.807, 2.05) is 0 Å². The van der Waals surface area contributed by atoms with Gasteiger partial charge in [0.1, 0.15) is 6.10 Å². The Bertz CT molecular complexity index is 578. The Hall–Kier alpha value is -1.31. The number of aliphatic hydroxyl groups is 2. The highest BCUT2D eigenvalue weighted by Crippen LogP contribution is 2.55. The second-order valence-electron chi connectivity index (χ2n) is 8.06. The fourth-order valence-electron chi connectivity index (χ4n) is 5.18. The van der Waals surface area contributed by atoms with Crippen molar-refractivity contribution in [3.05, 3.63) is 11.6 Å². The van der Waals surface area contributed by atoms with E-state index in [0.717, 1.165) is 25.7 Å². The van der Waals surface area contributed by atoms with Crippen LogP contribution in [0.4, 0.5) is 0 Å². The van der Waals surface area contributed by atoms with Crippen LogP contribution in [0.3, 0.4) is 0 Å². The van der Waals surface area contributed by atoms with Crippen LogP contribution < -0.4 is 0 Å². The maximum absolute atomic E-state index is 10.7. The van der Waals surface area contributed by atoms with E-state index in [1.165, 1.54) is 18.4 Å². The van der Waals surface area contributed by atoms with Crippen LogP contribution in [0, 0.1) is 41.4 Å². The molecule has 3 fully saturated rings. The van der Waals surface area contributed by atoms with Gasteiger partial charge in [0, 0.05) is 6.42 Å². The predicted molar refractivity (Wildman–Crippen MR) is 95.6 cm³/mol. The third-order valence-electron chi connectivity index (χ3n) is 6.58. The molecule has 3 aliphatic rings. The van der Waals surface area contributed by atoms with Crippen molar-refractivity contribution in [2.24, 2.45) is 29.6 Å². The number of carbonyl (C=O) groups is 1. The van der Waals surface area contributed by atoms with Gasteiger partial charge >= 0.3 is 5.97 Å². The summed E-state index contributed by atoms with van der Waals surface area (Å²) in [5.41, 5.74) is 1.35. The summed E-state index contributed by atoms with van der Waals surface area (Å²) in [6.07, 6.45) is 8.05. The third-order valence-corrected chi connectivity index (χ3v) is 6.58. The molecule has 4 nitrogen and oxygen atoms in total. The van der Waals surface area contributed by atoms with Gasteiger partial charge in [-0.2, -0.15) is 0 Å². The highest BCUT2D eigenvalue weighted by atomic mass is 16.4. The summed E-state index contributed by atoms with van der Waals surface area (Å²) in [5, 5.41) is 29.5. The Morgan fingerprint density at radius 3 is 2.68 bits per heavy atom. The van der Waals surface area contributed by atoms with E-state index in [0.29, 0.717) is 30.1 Å². The first-order valence-electron chi connectivity index (χ1n) is 9.78. The Labute approximate surface area is 150 Å². The molecular weight excluding hydrogens is 316 g/mol. The molecule has 0 heterocycles. The first-order chi connectivity index (χ1) is 12.0. The van der Waals surface area contributed by atoms with Crippen LogP contribution in [0.25, 0.3) is 0 Å². The average molecular weight is 346 g/mol. The molecule has 138 valence electrons. The van der Waals surface area contributed by atoms with Crippen molar-refractivity contribution >= 4 is 5.97 Å². The molecule has 0 spiro atoms. The molecule has 3 aliphatic carbocycles. The molecule has 4 heteroatoms. The average Bonchev–Trinajstić information content (AvgIpc) is 3.11. The van der Waals surface area contributed by atoms with E-state index in [2.05, 4.69) is 24.8 Å². The van der Waals surface area contributed by atoms with Crippen LogP contribution in [0.1, 0.15) is 58.3 Å². The molecule has 2 unspecified atom stereocenters. The Morgan fingerprint density at radius 1 is 1.28 bits per heavy atom. The molecule has 0 saturated heterocycles. The second-order valence-corrected chi connectivity index (χ2v) is 8.06. The fraction of sp³-hybridized carbons (Fsp3) is 0.762. The summed E-state index contributed by atoms with van der Waals surface area (Å²) in [5.74, 6) is 6.86. The number of allylic oxidation sites excluding steroid dienone is 2. The largest absolute Gasteiger partial charge is 0.481 e. The first-order valence-corrected chi connectivity index (χ1v) is 9.78. The van der Waals surface area contributed by atoms with Crippen LogP contribution in [0.2, 0.25) is 0 Å². The summed E-state index contributed by atoms with van der Waals surface area (Å²) in [6, 6.07) is 0. The topological polar surface area (TPSA) is 77.8 Å². The number of hydrogen-bond donors (Lipinski definition) is 3. The van der Waals surface area contributed by atoms with Gasteiger partial charge in [-0.25, -0.2) is 0 Å². The van der Waals surface area contributed by atoms with Gasteiger partial charge in [-0.3, -0.25) is 4.79 Å². The molecule has 0 aliphatic heterocycles. The molecular formula is C21H30O4. The molecule has 0 aromatic carbocycles. The number of carboxylic acids is 1. The van der Waals surface area contributed by atoms with E-state index in [1.54, 1.807) is 0 Å². The van der Waals surface area contributed by atoms with Crippen LogP contribution in [-0.4, -0.2) is 33.5 Å². The molecule has 3 saturated carbocycles. The molecule has 0 aromatic heterocycles. The Kier molecular flexibility index (Phi) is 5.86. The maximum Gasteiger partial charge on any atom is 0.303 e. The molecule has 6 atom stereocenters. The van der Waals surface area contributed by atoms with Crippen molar-refractivity contribution in [1.29, 1.82) is 0 Å². The SMILES string of the molecule is CC1/C(=C/CCC(=O)O)[C@H]2CC[C@@H](O)[C@H](C#CC(O)C3CCCC3)[C@@H]12. The zero-order valence-corrected chi connectivity index (χ0v) is 15.0. The highest BCUT2D eigenvalue weighted by molar-refractivity contribution is 5.66. The molecule has 0 aromatic rings. The van der Waals surface area contributed by atoms with Gasteiger partial charge in [0.15, 0.2) is 0 Å². The van der Waals surface area contributed by atoms with Crippen molar-refractivity contribution in [3.63, 3.8) is 0 Å². The Morgan fingerprint density at radius 2 is 2.00 bits per heavy atom. The summed E-state index contributed by atoms with van der Waals surface area (Å²) >= 11 is 0. The highest BCUT2D eigenvalue weighted by Gasteiger charge is 2.51. The Balaban J connectivity index is 1.66. The quantitative estimate of drug-likeness (QED) is 0.540. The number of fused-ring (bicyclic) bond motifs is 1. The smallest absolute Gasteiger partial charge is 0.303 e. The van der Waals surface area contributed by atoms with E-state index in [9.17, 15) is 15.0 Å². The first kappa shape index (κ1) is 18.5. The second kappa shape index (κ2) is 7.93. The summed E-state index contributed by atoms with van der Waals surface area (Å²) in [7, 11) is 0. The van der Waals surface area contributed by atoms with Gasteiger partial charge in [0.25, 0.3) is 0 Å². The van der Waals surface area contributed by atoms with Crippen molar-refractivity contribution in [1.82, 2.24) is 0 Å². The third kappa shape index (κ3) is 3.93. The van der Waals surface area contributed by atoms with Crippen molar-refractivity contribution in [3.8, 4) is 11.8 Å². The van der Waals surface area contributed by atoms with E-state index < -0.39 is 18.2 Å². The molecule has 3 N–H and O–H groups in total. The molecule has 0 amide bonds. The van der Waals surface area contributed by atoms with Crippen LogP contribution in [0.15, 0.2) is 11.6 Å². The standard InChI is InChI=1S/C21H30O4/c1-13-15(7-4-8-20(24)25)16-9-12-19(23)17(21(13)16)10-11-18(22)14-5-2-3-6-14/h7,13-14,16-19,21-23H,2-6,8-9,12H2,1H3,(H,24,25)/b15-7-/t13?,16-,17+,18?,19-,21+/m1/s1. The van der Waals surface area contributed by atoms with Crippen LogP contribution >= 0.6 is 0 Å². The van der Waals surface area contributed by atoms with E-state index in [-0.39, 0.29) is 12.3 Å².